The molecule has 0 unspecified atom stereocenters. The summed E-state index contributed by atoms with van der Waals surface area (Å²) < 4.78 is 10.7. The summed E-state index contributed by atoms with van der Waals surface area (Å²) in [4.78, 5) is 28.5. The molecule has 7 heteroatoms. The largest absolute Gasteiger partial charge is 0.425 e. The molecule has 0 aliphatic heterocycles. The summed E-state index contributed by atoms with van der Waals surface area (Å²) in [5, 5.41) is 3.39. The van der Waals surface area contributed by atoms with Gasteiger partial charge in [0.15, 0.2) is 0 Å². The van der Waals surface area contributed by atoms with Gasteiger partial charge in [-0.05, 0) is 18.2 Å². The number of amides is 1. The van der Waals surface area contributed by atoms with Gasteiger partial charge in [0, 0.05) is 30.5 Å². The van der Waals surface area contributed by atoms with Crippen molar-refractivity contribution in [1.82, 2.24) is 10.3 Å². The van der Waals surface area contributed by atoms with Gasteiger partial charge in [-0.2, -0.15) is 0 Å². The number of ether oxygens (including phenoxy) is 1. The summed E-state index contributed by atoms with van der Waals surface area (Å²) in [7, 11) is 0. The molecule has 0 spiro atoms. The Balaban J connectivity index is 1.78. The summed E-state index contributed by atoms with van der Waals surface area (Å²) in [6.07, 6.45) is 0.704. The van der Waals surface area contributed by atoms with Crippen LogP contribution in [0.4, 0.5) is 5.82 Å². The first-order valence-electron chi connectivity index (χ1n) is 8.30. The molecule has 0 radical (unpaired) electrons. The van der Waals surface area contributed by atoms with Crippen LogP contribution in [0.15, 0.2) is 46.9 Å². The molecule has 134 valence electrons. The van der Waals surface area contributed by atoms with Crippen LogP contribution in [0, 0.1) is 0 Å². The Kier molecular flexibility index (Phi) is 5.17. The van der Waals surface area contributed by atoms with Gasteiger partial charge >= 0.3 is 11.9 Å². The molecule has 7 nitrogen and oxygen atoms in total. The highest BCUT2D eigenvalue weighted by atomic mass is 16.6. The van der Waals surface area contributed by atoms with Crippen molar-refractivity contribution in [3.63, 3.8) is 0 Å². The van der Waals surface area contributed by atoms with E-state index in [1.165, 1.54) is 0 Å². The van der Waals surface area contributed by atoms with Crippen LogP contribution in [-0.2, 0) is 11.2 Å². The second kappa shape index (κ2) is 7.69. The third-order valence-electron chi connectivity index (χ3n) is 3.78. The van der Waals surface area contributed by atoms with Crippen LogP contribution in [0.25, 0.3) is 11.0 Å². The predicted octanol–water partition coefficient (Wildman–Crippen LogP) is 2.70. The Morgan fingerprint density at radius 3 is 2.77 bits per heavy atom. The van der Waals surface area contributed by atoms with Gasteiger partial charge in [-0.25, -0.2) is 4.98 Å². The average Bonchev–Trinajstić information content (AvgIpc) is 2.99. The van der Waals surface area contributed by atoms with E-state index in [0.29, 0.717) is 29.8 Å². The topological polar surface area (TPSA) is 107 Å². The minimum absolute atomic E-state index is 0.0855. The summed E-state index contributed by atoms with van der Waals surface area (Å²) in [6.45, 7) is 2.03. The number of para-hydroxylation sites is 1. The zero-order valence-corrected chi connectivity index (χ0v) is 14.3. The fourth-order valence-electron chi connectivity index (χ4n) is 2.52. The van der Waals surface area contributed by atoms with Crippen molar-refractivity contribution in [1.29, 1.82) is 0 Å². The lowest BCUT2D eigenvalue weighted by Gasteiger charge is -2.06. The highest BCUT2D eigenvalue weighted by molar-refractivity contribution is 6.08. The predicted molar refractivity (Wildman–Crippen MR) is 96.8 cm³/mol. The number of carbonyl (C=O) groups is 2. The van der Waals surface area contributed by atoms with Crippen molar-refractivity contribution < 1.29 is 18.7 Å². The summed E-state index contributed by atoms with van der Waals surface area (Å²) in [5.41, 5.74) is 7.12. The number of fused-ring (bicyclic) bond motifs is 1. The highest BCUT2D eigenvalue weighted by Gasteiger charge is 2.23. The van der Waals surface area contributed by atoms with Crippen LogP contribution >= 0.6 is 0 Å². The smallest absolute Gasteiger partial charge is 0.313 e. The van der Waals surface area contributed by atoms with Crippen molar-refractivity contribution in [3.8, 4) is 5.95 Å². The van der Waals surface area contributed by atoms with Gasteiger partial charge in [-0.3, -0.25) is 9.59 Å². The zero-order chi connectivity index (χ0) is 18.5. The van der Waals surface area contributed by atoms with Gasteiger partial charge in [0.25, 0.3) is 5.91 Å². The van der Waals surface area contributed by atoms with Gasteiger partial charge < -0.3 is 20.2 Å². The number of anilines is 1. The quantitative estimate of drug-likeness (QED) is 0.660. The standard InChI is InChI=1S/C19H19N3O4/c1-2-16(23)26-19-17(13-7-3-4-8-14(13)25-19)18(24)21-11-10-12-6-5-9-15(20)22-12/h3-9H,2,10-11H2,1H3,(H2,20,22)(H,21,24). The lowest BCUT2D eigenvalue weighted by molar-refractivity contribution is -0.135. The minimum atomic E-state index is -0.470. The van der Waals surface area contributed by atoms with Crippen molar-refractivity contribution >= 4 is 28.7 Å². The Hall–Kier alpha value is -3.35. The maximum absolute atomic E-state index is 12.7. The molecule has 0 bridgehead atoms. The molecule has 0 atom stereocenters. The van der Waals surface area contributed by atoms with E-state index in [0.717, 1.165) is 5.69 Å². The van der Waals surface area contributed by atoms with Crippen molar-refractivity contribution in [2.45, 2.75) is 19.8 Å². The number of carbonyl (C=O) groups excluding carboxylic acids is 2. The number of esters is 1. The number of nitrogens with zero attached hydrogens (tertiary/aromatic N) is 1. The van der Waals surface area contributed by atoms with E-state index < -0.39 is 5.97 Å². The third kappa shape index (κ3) is 3.83. The van der Waals surface area contributed by atoms with Gasteiger partial charge in [0.05, 0.1) is 0 Å². The maximum atomic E-state index is 12.7. The number of furan rings is 1. The van der Waals surface area contributed by atoms with Crippen LogP contribution in [0.2, 0.25) is 0 Å². The first-order chi connectivity index (χ1) is 12.6. The van der Waals surface area contributed by atoms with Gasteiger partial charge in [-0.15, -0.1) is 0 Å². The number of pyridine rings is 1. The fourth-order valence-corrected chi connectivity index (χ4v) is 2.52. The van der Waals surface area contributed by atoms with Crippen molar-refractivity contribution in [2.75, 3.05) is 12.3 Å². The molecule has 3 rings (SSSR count). The summed E-state index contributed by atoms with van der Waals surface area (Å²) >= 11 is 0. The molecule has 0 saturated carbocycles. The monoisotopic (exact) mass is 353 g/mol. The molecular weight excluding hydrogens is 334 g/mol. The Morgan fingerprint density at radius 1 is 1.19 bits per heavy atom. The Morgan fingerprint density at radius 2 is 2.00 bits per heavy atom. The number of benzene rings is 1. The number of nitrogens with one attached hydrogen (secondary N) is 1. The van der Waals surface area contributed by atoms with E-state index in [9.17, 15) is 9.59 Å². The first kappa shape index (κ1) is 17.5. The van der Waals surface area contributed by atoms with Crippen LogP contribution in [0.5, 0.6) is 5.95 Å². The van der Waals surface area contributed by atoms with Crippen LogP contribution in [0.3, 0.4) is 0 Å². The summed E-state index contributed by atoms with van der Waals surface area (Å²) in [6, 6.07) is 12.4. The fraction of sp³-hybridized carbons (Fsp3) is 0.211. The summed E-state index contributed by atoms with van der Waals surface area (Å²) in [5.74, 6) is -0.499. The second-order valence-electron chi connectivity index (χ2n) is 5.65. The normalized spacial score (nSPS) is 10.7. The molecule has 26 heavy (non-hydrogen) atoms. The SMILES string of the molecule is CCC(=O)Oc1oc2ccccc2c1C(=O)NCCc1cccc(N)n1. The van der Waals surface area contributed by atoms with Crippen molar-refractivity contribution in [3.05, 3.63) is 53.7 Å². The van der Waals surface area contributed by atoms with Crippen LogP contribution < -0.4 is 15.8 Å². The molecule has 1 amide bonds. The lowest BCUT2D eigenvalue weighted by atomic mass is 10.1. The number of aromatic nitrogens is 1. The average molecular weight is 353 g/mol. The molecule has 3 N–H and O–H groups in total. The molecule has 0 saturated heterocycles. The molecule has 0 aliphatic carbocycles. The second-order valence-corrected chi connectivity index (χ2v) is 5.65. The third-order valence-corrected chi connectivity index (χ3v) is 3.78. The first-order valence-corrected chi connectivity index (χ1v) is 8.30. The Bertz CT molecular complexity index is 949. The van der Waals surface area contributed by atoms with Crippen LogP contribution in [-0.4, -0.2) is 23.4 Å². The zero-order valence-electron chi connectivity index (χ0n) is 14.3. The van der Waals surface area contributed by atoms with Crippen LogP contribution in [0.1, 0.15) is 29.4 Å². The van der Waals surface area contributed by atoms with Gasteiger partial charge in [0.1, 0.15) is 17.0 Å². The van der Waals surface area contributed by atoms with E-state index in [-0.39, 0.29) is 23.8 Å². The number of rotatable bonds is 6. The lowest BCUT2D eigenvalue weighted by Crippen LogP contribution is -2.26. The van der Waals surface area contributed by atoms with E-state index in [2.05, 4.69) is 10.3 Å². The van der Waals surface area contributed by atoms with E-state index in [4.69, 9.17) is 14.9 Å². The van der Waals surface area contributed by atoms with Gasteiger partial charge in [-0.1, -0.05) is 31.2 Å². The number of hydrogen-bond acceptors (Lipinski definition) is 6. The number of hydrogen-bond donors (Lipinski definition) is 2. The highest BCUT2D eigenvalue weighted by Crippen LogP contribution is 2.32. The molecule has 0 aliphatic rings. The molecule has 3 aromatic rings. The molecule has 1 aromatic carbocycles. The number of nitrogen functional groups attached to an aromatic ring is 1. The molecule has 2 heterocycles. The van der Waals surface area contributed by atoms with Crippen molar-refractivity contribution in [2.24, 2.45) is 0 Å². The van der Waals surface area contributed by atoms with E-state index >= 15 is 0 Å². The maximum Gasteiger partial charge on any atom is 0.313 e. The molecule has 2 aromatic heterocycles. The minimum Gasteiger partial charge on any atom is -0.425 e. The van der Waals surface area contributed by atoms with E-state index in [1.54, 1.807) is 37.3 Å². The Labute approximate surface area is 150 Å². The molecule has 0 fully saturated rings. The number of nitrogens with two attached hydrogens (primary N) is 1. The van der Waals surface area contributed by atoms with Gasteiger partial charge in [0.2, 0.25) is 0 Å². The van der Waals surface area contributed by atoms with E-state index in [1.807, 2.05) is 12.1 Å². The molecular formula is C19H19N3O4.